The lowest BCUT2D eigenvalue weighted by Gasteiger charge is -2.49. The first-order chi connectivity index (χ1) is 17.7. The van der Waals surface area contributed by atoms with Crippen LogP contribution in [0.25, 0.3) is 0 Å². The minimum absolute atomic E-state index is 0.506. The van der Waals surface area contributed by atoms with Crippen molar-refractivity contribution in [2.45, 2.75) is 38.1 Å². The standard InChI is InChI=1S/C30H33N3O3/c1-34-22-10-4-19(5-11-22)16-31-28-25-26-27(25)30(32(28)17-20-6-12-23(35-2)13-7-20)33(29(26)31)18-21-8-14-24(36-3)15-9-21/h4-15,25-30H,16-18H2,1-3H3. The van der Waals surface area contributed by atoms with E-state index in [0.29, 0.717) is 18.5 Å². The summed E-state index contributed by atoms with van der Waals surface area (Å²) in [5, 5.41) is 0. The first-order valence-corrected chi connectivity index (χ1v) is 12.9. The molecule has 0 radical (unpaired) electrons. The predicted molar refractivity (Wildman–Crippen MR) is 137 cm³/mol. The Morgan fingerprint density at radius 3 is 0.917 bits per heavy atom. The van der Waals surface area contributed by atoms with Gasteiger partial charge in [-0.15, -0.1) is 0 Å². The van der Waals surface area contributed by atoms with E-state index in [1.807, 2.05) is 0 Å². The molecule has 4 aliphatic rings. The zero-order chi connectivity index (χ0) is 24.4. The van der Waals surface area contributed by atoms with Crippen LogP contribution < -0.4 is 14.2 Å². The maximum atomic E-state index is 5.39. The van der Waals surface area contributed by atoms with Crippen molar-refractivity contribution in [3.63, 3.8) is 0 Å². The van der Waals surface area contributed by atoms with Gasteiger partial charge in [-0.3, -0.25) is 14.7 Å². The van der Waals surface area contributed by atoms with Crippen LogP contribution in [0, 0.1) is 17.8 Å². The first kappa shape index (κ1) is 22.2. The van der Waals surface area contributed by atoms with Gasteiger partial charge in [0.1, 0.15) is 17.2 Å². The Hall–Kier alpha value is -3.06. The Labute approximate surface area is 213 Å². The van der Waals surface area contributed by atoms with Gasteiger partial charge in [-0.25, -0.2) is 0 Å². The van der Waals surface area contributed by atoms with Crippen molar-refractivity contribution < 1.29 is 14.2 Å². The fourth-order valence-corrected chi connectivity index (χ4v) is 7.33. The van der Waals surface area contributed by atoms with Gasteiger partial charge in [0, 0.05) is 19.6 Å². The molecule has 3 heterocycles. The SMILES string of the molecule is COc1ccc(CN2C3C4C5C4C(N3Cc3ccc(OC)cc3)N(Cc3ccc(OC)cc3)C52)cc1. The van der Waals surface area contributed by atoms with E-state index in [0.717, 1.165) is 54.6 Å². The lowest BCUT2D eigenvalue weighted by molar-refractivity contribution is -0.117. The maximum absolute atomic E-state index is 5.39. The Morgan fingerprint density at radius 1 is 0.444 bits per heavy atom. The van der Waals surface area contributed by atoms with Gasteiger partial charge in [-0.05, 0) is 70.8 Å². The molecule has 36 heavy (non-hydrogen) atoms. The largest absolute Gasteiger partial charge is 0.497 e. The molecule has 7 rings (SSSR count). The van der Waals surface area contributed by atoms with Crippen molar-refractivity contribution in [2.75, 3.05) is 21.3 Å². The minimum Gasteiger partial charge on any atom is -0.497 e. The highest BCUT2D eigenvalue weighted by Gasteiger charge is 2.82. The number of benzene rings is 3. The van der Waals surface area contributed by atoms with E-state index >= 15 is 0 Å². The van der Waals surface area contributed by atoms with E-state index in [-0.39, 0.29) is 0 Å². The molecule has 0 atom stereocenters. The third-order valence-corrected chi connectivity index (χ3v) is 8.84. The van der Waals surface area contributed by atoms with Crippen molar-refractivity contribution in [3.8, 4) is 17.2 Å². The maximum Gasteiger partial charge on any atom is 0.118 e. The molecule has 3 aromatic carbocycles. The molecule has 1 saturated carbocycles. The van der Waals surface area contributed by atoms with E-state index in [1.165, 1.54) is 16.7 Å². The van der Waals surface area contributed by atoms with Gasteiger partial charge in [0.15, 0.2) is 0 Å². The first-order valence-electron chi connectivity index (χ1n) is 12.9. The van der Waals surface area contributed by atoms with Crippen LogP contribution in [0.1, 0.15) is 16.7 Å². The summed E-state index contributed by atoms with van der Waals surface area (Å²) in [4.78, 5) is 8.30. The molecule has 3 aromatic rings. The molecule has 186 valence electrons. The van der Waals surface area contributed by atoms with Crippen LogP contribution >= 0.6 is 0 Å². The summed E-state index contributed by atoms with van der Waals surface area (Å²) >= 11 is 0. The number of methoxy groups -OCH3 is 3. The van der Waals surface area contributed by atoms with Crippen LogP contribution in [0.4, 0.5) is 0 Å². The summed E-state index contributed by atoms with van der Waals surface area (Å²) in [5.41, 5.74) is 4.04. The molecule has 0 aromatic heterocycles. The third kappa shape index (κ3) is 3.35. The van der Waals surface area contributed by atoms with Gasteiger partial charge in [0.25, 0.3) is 0 Å². The molecule has 6 heteroatoms. The molecule has 0 unspecified atom stereocenters. The van der Waals surface area contributed by atoms with E-state index in [2.05, 4.69) is 87.5 Å². The molecular weight excluding hydrogens is 450 g/mol. The van der Waals surface area contributed by atoms with Crippen LogP contribution in [-0.4, -0.2) is 54.5 Å². The molecule has 0 spiro atoms. The van der Waals surface area contributed by atoms with E-state index in [9.17, 15) is 0 Å². The molecule has 3 aliphatic heterocycles. The molecule has 1 aliphatic carbocycles. The Morgan fingerprint density at radius 2 is 0.694 bits per heavy atom. The van der Waals surface area contributed by atoms with Crippen LogP contribution in [0.15, 0.2) is 72.8 Å². The Kier molecular flexibility index (Phi) is 5.24. The van der Waals surface area contributed by atoms with Crippen LogP contribution in [0.2, 0.25) is 0 Å². The summed E-state index contributed by atoms with van der Waals surface area (Å²) in [6.07, 6.45) is 1.52. The van der Waals surface area contributed by atoms with Crippen molar-refractivity contribution in [1.82, 2.24) is 14.7 Å². The second-order valence-electron chi connectivity index (χ2n) is 10.5. The fraction of sp³-hybridized carbons (Fsp3) is 0.400. The second kappa shape index (κ2) is 8.51. The number of piperidine rings is 3. The van der Waals surface area contributed by atoms with E-state index < -0.39 is 0 Å². The number of hydrogen-bond donors (Lipinski definition) is 0. The highest BCUT2D eigenvalue weighted by Crippen LogP contribution is 2.73. The summed E-state index contributed by atoms with van der Waals surface area (Å²) in [7, 11) is 5.18. The van der Waals surface area contributed by atoms with Crippen LogP contribution in [0.3, 0.4) is 0 Å². The Bertz CT molecular complexity index is 1060. The number of hydrogen-bond acceptors (Lipinski definition) is 6. The van der Waals surface area contributed by atoms with Crippen molar-refractivity contribution in [3.05, 3.63) is 89.5 Å². The number of ether oxygens (including phenoxy) is 3. The molecule has 3 saturated heterocycles. The van der Waals surface area contributed by atoms with E-state index in [1.54, 1.807) is 21.3 Å². The molecule has 6 nitrogen and oxygen atoms in total. The number of nitrogens with zero attached hydrogens (tertiary/aromatic N) is 3. The summed E-state index contributed by atoms with van der Waals surface area (Å²) in [6, 6.07) is 25.8. The lowest BCUT2D eigenvalue weighted by atomic mass is 10.1. The topological polar surface area (TPSA) is 37.4 Å². The average molecular weight is 484 g/mol. The average Bonchev–Trinajstić information content (AvgIpc) is 3.37. The van der Waals surface area contributed by atoms with Gasteiger partial charge in [-0.2, -0.15) is 0 Å². The zero-order valence-corrected chi connectivity index (χ0v) is 21.1. The van der Waals surface area contributed by atoms with Gasteiger partial charge < -0.3 is 14.2 Å². The highest BCUT2D eigenvalue weighted by atomic mass is 16.5. The zero-order valence-electron chi connectivity index (χ0n) is 21.1. The third-order valence-electron chi connectivity index (χ3n) is 8.84. The lowest BCUT2D eigenvalue weighted by Crippen LogP contribution is -2.61. The summed E-state index contributed by atoms with van der Waals surface area (Å²) < 4.78 is 16.2. The number of rotatable bonds is 9. The molecule has 0 amide bonds. The minimum atomic E-state index is 0.506. The van der Waals surface area contributed by atoms with Gasteiger partial charge >= 0.3 is 0 Å². The van der Waals surface area contributed by atoms with Crippen molar-refractivity contribution in [1.29, 1.82) is 0 Å². The quantitative estimate of drug-likeness (QED) is 0.449. The van der Waals surface area contributed by atoms with Crippen molar-refractivity contribution in [2.24, 2.45) is 17.8 Å². The van der Waals surface area contributed by atoms with Crippen LogP contribution in [-0.2, 0) is 19.6 Å². The predicted octanol–water partition coefficient (Wildman–Crippen LogP) is 4.40. The molecule has 4 fully saturated rings. The second-order valence-corrected chi connectivity index (χ2v) is 10.5. The fourth-order valence-electron chi connectivity index (χ4n) is 7.33. The normalized spacial score (nSPS) is 30.1. The smallest absolute Gasteiger partial charge is 0.118 e. The molecule has 0 N–H and O–H groups in total. The molecular formula is C30H33N3O3. The van der Waals surface area contributed by atoms with Crippen molar-refractivity contribution >= 4 is 0 Å². The van der Waals surface area contributed by atoms with Gasteiger partial charge in [0.2, 0.25) is 0 Å². The molecule has 0 bridgehead atoms. The Balaban J connectivity index is 1.19. The highest BCUT2D eigenvalue weighted by molar-refractivity contribution is 5.34. The summed E-state index contributed by atoms with van der Waals surface area (Å²) in [6.45, 7) is 2.89. The van der Waals surface area contributed by atoms with Crippen LogP contribution in [0.5, 0.6) is 17.2 Å². The van der Waals surface area contributed by atoms with Gasteiger partial charge in [-0.1, -0.05) is 36.4 Å². The monoisotopic (exact) mass is 483 g/mol. The van der Waals surface area contributed by atoms with E-state index in [4.69, 9.17) is 14.2 Å². The van der Waals surface area contributed by atoms with Gasteiger partial charge in [0.05, 0.1) is 39.8 Å². The number of likely N-dealkylation sites (tertiary alicyclic amines) is 3. The summed E-state index contributed by atoms with van der Waals surface area (Å²) in [5.74, 6) is 5.12.